The molecule has 1 aliphatic heterocycles. The number of rotatable bonds is 4. The Labute approximate surface area is 128 Å². The Morgan fingerprint density at radius 1 is 1.57 bits per heavy atom. The standard InChI is InChI=1S/C11H9ClN4O4S/c12-3-6-1-8(16(19)20)2-7(10(6)18)4-13-15-11-14-9(17)5-21-11/h1-2,4,18H,3,5H2,(H,14,15,17). The number of aromatic hydroxyl groups is 1. The first-order chi connectivity index (χ1) is 10.0. The van der Waals surface area contributed by atoms with E-state index in [1.165, 1.54) is 17.8 Å². The number of thioether (sulfide) groups is 1. The number of non-ortho nitro benzene ring substituents is 1. The zero-order chi connectivity index (χ0) is 15.4. The number of phenols is 1. The van der Waals surface area contributed by atoms with E-state index in [0.29, 0.717) is 5.17 Å². The Morgan fingerprint density at radius 2 is 2.33 bits per heavy atom. The van der Waals surface area contributed by atoms with E-state index in [0.717, 1.165) is 12.3 Å². The Bertz CT molecular complexity index is 662. The summed E-state index contributed by atoms with van der Waals surface area (Å²) in [6, 6.07) is 2.36. The lowest BCUT2D eigenvalue weighted by Gasteiger charge is -2.04. The summed E-state index contributed by atoms with van der Waals surface area (Å²) in [5.74, 6) is -0.166. The second kappa shape index (κ2) is 6.55. The molecule has 1 amide bonds. The topological polar surface area (TPSA) is 117 Å². The normalized spacial score (nSPS) is 16.6. The fraction of sp³-hybridized carbons (Fsp3) is 0.182. The minimum atomic E-state index is -0.592. The number of phenolic OH excluding ortho intramolecular Hbond substituents is 1. The van der Waals surface area contributed by atoms with Gasteiger partial charge < -0.3 is 10.4 Å². The van der Waals surface area contributed by atoms with Gasteiger partial charge in [0.25, 0.3) is 5.69 Å². The highest BCUT2D eigenvalue weighted by molar-refractivity contribution is 8.15. The van der Waals surface area contributed by atoms with Crippen LogP contribution >= 0.6 is 23.4 Å². The second-order valence-electron chi connectivity index (χ2n) is 3.92. The number of alkyl halides is 1. The molecule has 0 atom stereocenters. The molecule has 1 aliphatic rings. The van der Waals surface area contributed by atoms with Gasteiger partial charge in [-0.15, -0.1) is 16.7 Å². The van der Waals surface area contributed by atoms with E-state index in [4.69, 9.17) is 11.6 Å². The fourth-order valence-corrected chi connectivity index (χ4v) is 2.36. The van der Waals surface area contributed by atoms with Crippen molar-refractivity contribution in [3.63, 3.8) is 0 Å². The number of carbonyl (C=O) groups is 1. The molecule has 0 spiro atoms. The maximum absolute atomic E-state index is 10.9. The molecule has 1 heterocycles. The summed E-state index contributed by atoms with van der Waals surface area (Å²) in [6.07, 6.45) is 1.16. The van der Waals surface area contributed by atoms with E-state index in [-0.39, 0.29) is 40.1 Å². The van der Waals surface area contributed by atoms with Gasteiger partial charge in [0.1, 0.15) is 5.75 Å². The molecule has 0 bridgehead atoms. The summed E-state index contributed by atoms with van der Waals surface area (Å²) in [5, 5.41) is 31.0. The summed E-state index contributed by atoms with van der Waals surface area (Å²) >= 11 is 6.82. The van der Waals surface area contributed by atoms with Crippen molar-refractivity contribution >= 4 is 46.3 Å². The summed E-state index contributed by atoms with van der Waals surface area (Å²) in [4.78, 5) is 21.2. The highest BCUT2D eigenvalue weighted by atomic mass is 35.5. The van der Waals surface area contributed by atoms with Crippen LogP contribution in [-0.2, 0) is 10.7 Å². The van der Waals surface area contributed by atoms with Gasteiger partial charge in [-0.05, 0) is 0 Å². The molecule has 1 saturated heterocycles. The van der Waals surface area contributed by atoms with Crippen LogP contribution in [0, 0.1) is 10.1 Å². The van der Waals surface area contributed by atoms with Crippen molar-refractivity contribution in [3.05, 3.63) is 33.4 Å². The summed E-state index contributed by atoms with van der Waals surface area (Å²) in [7, 11) is 0. The van der Waals surface area contributed by atoms with Crippen LogP contribution in [0.4, 0.5) is 5.69 Å². The van der Waals surface area contributed by atoms with E-state index < -0.39 is 4.92 Å². The van der Waals surface area contributed by atoms with Gasteiger partial charge in [-0.1, -0.05) is 11.8 Å². The Morgan fingerprint density at radius 3 is 2.90 bits per heavy atom. The monoisotopic (exact) mass is 328 g/mol. The maximum atomic E-state index is 10.9. The van der Waals surface area contributed by atoms with Crippen molar-refractivity contribution in [3.8, 4) is 5.75 Å². The Balaban J connectivity index is 2.28. The first-order valence-corrected chi connectivity index (χ1v) is 7.13. The molecule has 0 saturated carbocycles. The Kier molecular flexibility index (Phi) is 4.76. The van der Waals surface area contributed by atoms with Crippen molar-refractivity contribution in [1.29, 1.82) is 0 Å². The molecule has 0 aromatic heterocycles. The Hall–Kier alpha value is -2.13. The van der Waals surface area contributed by atoms with Crippen LogP contribution in [0.1, 0.15) is 11.1 Å². The van der Waals surface area contributed by atoms with Crippen LogP contribution in [-0.4, -0.2) is 33.1 Å². The molecule has 2 N–H and O–H groups in total. The lowest BCUT2D eigenvalue weighted by Crippen LogP contribution is -2.19. The number of amidine groups is 1. The van der Waals surface area contributed by atoms with Gasteiger partial charge in [-0.2, -0.15) is 5.10 Å². The zero-order valence-electron chi connectivity index (χ0n) is 10.4. The SMILES string of the molecule is O=C1CSC(=NN=Cc2cc([N+](=O)[O-])cc(CCl)c2O)N1. The van der Waals surface area contributed by atoms with Crippen molar-refractivity contribution in [1.82, 2.24) is 5.32 Å². The van der Waals surface area contributed by atoms with Gasteiger partial charge in [0.15, 0.2) is 5.17 Å². The number of hydrogen-bond donors (Lipinski definition) is 2. The van der Waals surface area contributed by atoms with Crippen molar-refractivity contribution < 1.29 is 14.8 Å². The van der Waals surface area contributed by atoms with Gasteiger partial charge >= 0.3 is 0 Å². The molecule has 1 fully saturated rings. The van der Waals surface area contributed by atoms with Crippen molar-refractivity contribution in [2.45, 2.75) is 5.88 Å². The van der Waals surface area contributed by atoms with Crippen LogP contribution in [0.3, 0.4) is 0 Å². The van der Waals surface area contributed by atoms with Gasteiger partial charge in [-0.3, -0.25) is 14.9 Å². The zero-order valence-corrected chi connectivity index (χ0v) is 12.0. The number of benzene rings is 1. The number of nitro benzene ring substituents is 1. The molecule has 0 unspecified atom stereocenters. The minimum Gasteiger partial charge on any atom is -0.507 e. The van der Waals surface area contributed by atoms with E-state index >= 15 is 0 Å². The predicted molar refractivity (Wildman–Crippen MR) is 79.9 cm³/mol. The summed E-state index contributed by atoms with van der Waals surface area (Å²) in [6.45, 7) is 0. The first-order valence-electron chi connectivity index (χ1n) is 5.61. The van der Waals surface area contributed by atoms with Gasteiger partial charge in [0.2, 0.25) is 5.91 Å². The molecule has 8 nitrogen and oxygen atoms in total. The summed E-state index contributed by atoms with van der Waals surface area (Å²) in [5.41, 5.74) is 0.142. The number of nitrogens with one attached hydrogen (secondary N) is 1. The van der Waals surface area contributed by atoms with Crippen molar-refractivity contribution in [2.75, 3.05) is 5.75 Å². The second-order valence-corrected chi connectivity index (χ2v) is 5.15. The number of carbonyl (C=O) groups excluding carboxylic acids is 1. The molecule has 0 radical (unpaired) electrons. The molecule has 21 heavy (non-hydrogen) atoms. The molecule has 2 rings (SSSR count). The highest BCUT2D eigenvalue weighted by Gasteiger charge is 2.17. The average molecular weight is 329 g/mol. The third-order valence-corrected chi connectivity index (χ3v) is 3.64. The number of halogens is 1. The molecule has 1 aromatic rings. The van der Waals surface area contributed by atoms with Gasteiger partial charge in [-0.25, -0.2) is 0 Å². The van der Waals surface area contributed by atoms with Crippen LogP contribution < -0.4 is 5.32 Å². The lowest BCUT2D eigenvalue weighted by atomic mass is 10.1. The summed E-state index contributed by atoms with van der Waals surface area (Å²) < 4.78 is 0. The molecule has 110 valence electrons. The molecule has 1 aromatic carbocycles. The highest BCUT2D eigenvalue weighted by Crippen LogP contribution is 2.28. The quantitative estimate of drug-likeness (QED) is 0.376. The van der Waals surface area contributed by atoms with Gasteiger partial charge in [0, 0.05) is 23.3 Å². The van der Waals surface area contributed by atoms with Crippen LogP contribution in [0.5, 0.6) is 5.75 Å². The van der Waals surface area contributed by atoms with E-state index in [2.05, 4.69) is 15.5 Å². The van der Waals surface area contributed by atoms with E-state index in [1.807, 2.05) is 0 Å². The average Bonchev–Trinajstić information content (AvgIpc) is 2.86. The number of nitrogens with zero attached hydrogens (tertiary/aromatic N) is 3. The van der Waals surface area contributed by atoms with Crippen LogP contribution in [0.2, 0.25) is 0 Å². The predicted octanol–water partition coefficient (Wildman–Crippen LogP) is 1.59. The van der Waals surface area contributed by atoms with E-state index in [9.17, 15) is 20.0 Å². The molecule has 0 aliphatic carbocycles. The fourth-order valence-electron chi connectivity index (χ4n) is 1.53. The van der Waals surface area contributed by atoms with Crippen molar-refractivity contribution in [2.24, 2.45) is 10.2 Å². The third-order valence-electron chi connectivity index (χ3n) is 2.49. The third kappa shape index (κ3) is 3.70. The molecular weight excluding hydrogens is 320 g/mol. The molecular formula is C11H9ClN4O4S. The number of hydrogen-bond acceptors (Lipinski definition) is 7. The van der Waals surface area contributed by atoms with Crippen LogP contribution in [0.15, 0.2) is 22.3 Å². The lowest BCUT2D eigenvalue weighted by molar-refractivity contribution is -0.384. The first kappa shape index (κ1) is 15.3. The van der Waals surface area contributed by atoms with Crippen LogP contribution in [0.25, 0.3) is 0 Å². The number of nitro groups is 1. The maximum Gasteiger partial charge on any atom is 0.270 e. The number of amides is 1. The molecule has 10 heteroatoms. The van der Waals surface area contributed by atoms with Gasteiger partial charge in [0.05, 0.1) is 22.8 Å². The smallest absolute Gasteiger partial charge is 0.270 e. The largest absolute Gasteiger partial charge is 0.507 e. The minimum absolute atomic E-state index is 0.0746. The van der Waals surface area contributed by atoms with E-state index in [1.54, 1.807) is 0 Å².